The number of para-hydroxylation sites is 1. The van der Waals surface area contributed by atoms with Crippen LogP contribution in [0.4, 0.5) is 5.69 Å². The molecule has 0 radical (unpaired) electrons. The molecule has 1 aliphatic rings. The Balaban J connectivity index is 1.75. The van der Waals surface area contributed by atoms with E-state index in [1.54, 1.807) is 18.2 Å². The summed E-state index contributed by atoms with van der Waals surface area (Å²) in [4.78, 5) is 24.1. The Morgan fingerprint density at radius 3 is 2.48 bits per heavy atom. The molecule has 31 heavy (non-hydrogen) atoms. The fraction of sp³-hybridized carbons (Fsp3) is 0.227. The predicted molar refractivity (Wildman–Crippen MR) is 114 cm³/mol. The molecule has 0 unspecified atom stereocenters. The maximum atomic E-state index is 13.1. The predicted octanol–water partition coefficient (Wildman–Crippen LogP) is 2.31. The number of anilines is 1. The zero-order valence-electron chi connectivity index (χ0n) is 16.9. The van der Waals surface area contributed by atoms with Crippen LogP contribution in [0.2, 0.25) is 0 Å². The maximum Gasteiger partial charge on any atom is 0.338 e. The molecule has 0 saturated carbocycles. The number of carbonyl (C=O) groups excluding carboxylic acids is 2. The molecule has 2 aromatic rings. The average molecular weight is 439 g/mol. The highest BCUT2D eigenvalue weighted by atomic mass is 32.2. The van der Waals surface area contributed by atoms with Gasteiger partial charge in [-0.3, -0.25) is 9.10 Å². The van der Waals surface area contributed by atoms with Crippen LogP contribution in [-0.2, 0) is 26.0 Å². The van der Waals surface area contributed by atoms with E-state index >= 15 is 0 Å². The number of ketones is 1. The Morgan fingerprint density at radius 1 is 1.16 bits per heavy atom. The van der Waals surface area contributed by atoms with Crippen molar-refractivity contribution in [2.24, 2.45) is 5.73 Å². The second kappa shape index (κ2) is 9.02. The minimum absolute atomic E-state index is 0.0393. The van der Waals surface area contributed by atoms with Crippen LogP contribution in [0.5, 0.6) is 0 Å². The first-order chi connectivity index (χ1) is 14.8. The van der Waals surface area contributed by atoms with Crippen LogP contribution in [-0.4, -0.2) is 33.3 Å². The number of nitriles is 1. The second-order valence-corrected chi connectivity index (χ2v) is 8.87. The van der Waals surface area contributed by atoms with Crippen LogP contribution < -0.4 is 10.0 Å². The van der Waals surface area contributed by atoms with E-state index in [0.29, 0.717) is 12.2 Å². The zero-order valence-corrected chi connectivity index (χ0v) is 17.7. The van der Waals surface area contributed by atoms with Crippen molar-refractivity contribution in [3.05, 3.63) is 70.9 Å². The quantitative estimate of drug-likeness (QED) is 0.415. The van der Waals surface area contributed by atoms with Crippen molar-refractivity contribution in [1.82, 2.24) is 0 Å². The van der Waals surface area contributed by atoms with Crippen molar-refractivity contribution in [3.63, 3.8) is 0 Å². The van der Waals surface area contributed by atoms with E-state index in [9.17, 15) is 18.0 Å². The molecule has 0 atom stereocenters. The molecule has 2 N–H and O–H groups in total. The first-order valence-electron chi connectivity index (χ1n) is 9.53. The normalized spacial score (nSPS) is 14.1. The number of allylic oxidation sites excluding steroid dienone is 1. The third kappa shape index (κ3) is 4.59. The molecule has 0 fully saturated rings. The molecular formula is C22H21N3O5S. The van der Waals surface area contributed by atoms with Crippen LogP contribution in [0, 0.1) is 11.3 Å². The number of aryl methyl sites for hydroxylation is 1. The van der Waals surface area contributed by atoms with Crippen LogP contribution in [0.3, 0.4) is 0 Å². The number of Topliss-reactive ketones (excluding diaryl/α,β-unsaturated/α-hetero) is 1. The second-order valence-electron chi connectivity index (χ2n) is 7.00. The lowest BCUT2D eigenvalue weighted by atomic mass is 10.0. The third-order valence-electron chi connectivity index (χ3n) is 4.86. The fourth-order valence-corrected chi connectivity index (χ4v) is 4.84. The number of rotatable bonds is 6. The number of esters is 1. The van der Waals surface area contributed by atoms with Gasteiger partial charge in [0, 0.05) is 12.2 Å². The summed E-state index contributed by atoms with van der Waals surface area (Å²) in [7, 11) is -3.80. The molecule has 2 aromatic carbocycles. The van der Waals surface area contributed by atoms with Gasteiger partial charge in [0.15, 0.2) is 6.61 Å². The van der Waals surface area contributed by atoms with Gasteiger partial charge in [-0.25, -0.2) is 13.2 Å². The van der Waals surface area contributed by atoms with E-state index in [2.05, 4.69) is 0 Å². The van der Waals surface area contributed by atoms with E-state index in [4.69, 9.17) is 15.7 Å². The van der Waals surface area contributed by atoms with Crippen molar-refractivity contribution >= 4 is 27.5 Å². The Kier molecular flexibility index (Phi) is 6.42. The molecule has 1 aliphatic heterocycles. The minimum atomic E-state index is -3.80. The maximum absolute atomic E-state index is 13.1. The lowest BCUT2D eigenvalue weighted by molar-refractivity contribution is -0.118. The fourth-order valence-electron chi connectivity index (χ4n) is 3.30. The van der Waals surface area contributed by atoms with Crippen molar-refractivity contribution in [1.29, 1.82) is 5.26 Å². The van der Waals surface area contributed by atoms with Crippen molar-refractivity contribution in [2.45, 2.75) is 24.7 Å². The number of benzene rings is 2. The topological polar surface area (TPSA) is 131 Å². The van der Waals surface area contributed by atoms with Gasteiger partial charge in [-0.1, -0.05) is 18.2 Å². The monoisotopic (exact) mass is 439 g/mol. The molecule has 0 spiro atoms. The highest BCUT2D eigenvalue weighted by Gasteiger charge is 2.29. The summed E-state index contributed by atoms with van der Waals surface area (Å²) in [6.07, 6.45) is 1.54. The summed E-state index contributed by atoms with van der Waals surface area (Å²) in [6, 6.07) is 14.3. The van der Waals surface area contributed by atoms with E-state index in [-0.39, 0.29) is 21.7 Å². The van der Waals surface area contributed by atoms with E-state index < -0.39 is 28.4 Å². The van der Waals surface area contributed by atoms with Gasteiger partial charge in [0.1, 0.15) is 11.6 Å². The first-order valence-corrected chi connectivity index (χ1v) is 11.0. The molecule has 0 amide bonds. The van der Waals surface area contributed by atoms with Gasteiger partial charge in [-0.2, -0.15) is 5.26 Å². The van der Waals surface area contributed by atoms with Gasteiger partial charge in [-0.15, -0.1) is 0 Å². The zero-order chi connectivity index (χ0) is 22.6. The van der Waals surface area contributed by atoms with Gasteiger partial charge in [0.25, 0.3) is 10.0 Å². The van der Waals surface area contributed by atoms with Gasteiger partial charge in [0.2, 0.25) is 5.78 Å². The molecule has 160 valence electrons. The average Bonchev–Trinajstić information content (AvgIpc) is 2.77. The first kappa shape index (κ1) is 22.1. The molecule has 1 heterocycles. The number of sulfonamides is 1. The largest absolute Gasteiger partial charge is 0.454 e. The van der Waals surface area contributed by atoms with Crippen molar-refractivity contribution < 1.29 is 22.7 Å². The minimum Gasteiger partial charge on any atom is -0.454 e. The van der Waals surface area contributed by atoms with Crippen LogP contribution in [0.25, 0.3) is 0 Å². The molecule has 0 aromatic heterocycles. The number of ether oxygens (including phenoxy) is 1. The van der Waals surface area contributed by atoms with Gasteiger partial charge in [0.05, 0.1) is 16.1 Å². The number of hydrogen-bond donors (Lipinski definition) is 1. The number of nitrogens with zero attached hydrogens (tertiary/aromatic N) is 2. The summed E-state index contributed by atoms with van der Waals surface area (Å²) in [5.41, 5.74) is 6.93. The Hall–Kier alpha value is -3.64. The SMILES string of the molecule is CC(N)=C(C#N)C(=O)COC(=O)c1ccc(S(=O)(=O)N2CCCc3ccccc32)cc1. The van der Waals surface area contributed by atoms with E-state index in [1.165, 1.54) is 35.5 Å². The van der Waals surface area contributed by atoms with Crippen molar-refractivity contribution in [3.8, 4) is 6.07 Å². The molecule has 9 heteroatoms. The number of hydrogen-bond acceptors (Lipinski definition) is 7. The van der Waals surface area contributed by atoms with Crippen LogP contribution in [0.15, 0.2) is 64.7 Å². The third-order valence-corrected chi connectivity index (χ3v) is 6.69. The number of carbonyl (C=O) groups is 2. The molecule has 0 saturated heterocycles. The van der Waals surface area contributed by atoms with Crippen LogP contribution >= 0.6 is 0 Å². The van der Waals surface area contributed by atoms with E-state index in [1.807, 2.05) is 12.1 Å². The molecular weight excluding hydrogens is 418 g/mol. The Morgan fingerprint density at radius 2 is 1.84 bits per heavy atom. The smallest absolute Gasteiger partial charge is 0.338 e. The summed E-state index contributed by atoms with van der Waals surface area (Å²) in [6.45, 7) is 1.14. The standard InChI is InChI=1S/C22H21N3O5S/c1-15(24)19(13-23)21(26)14-30-22(27)17-8-10-18(11-9-17)31(28,29)25-12-4-6-16-5-2-3-7-20(16)25/h2-3,5,7-11H,4,6,12,14,24H2,1H3. The Labute approximate surface area is 180 Å². The number of fused-ring (bicyclic) bond motifs is 1. The highest BCUT2D eigenvalue weighted by Crippen LogP contribution is 2.31. The van der Waals surface area contributed by atoms with Gasteiger partial charge < -0.3 is 10.5 Å². The summed E-state index contributed by atoms with van der Waals surface area (Å²) < 4.78 is 32.6. The summed E-state index contributed by atoms with van der Waals surface area (Å²) >= 11 is 0. The van der Waals surface area contributed by atoms with Gasteiger partial charge >= 0.3 is 5.97 Å². The Bertz CT molecular complexity index is 1190. The lowest BCUT2D eigenvalue weighted by Gasteiger charge is -2.30. The van der Waals surface area contributed by atoms with Crippen molar-refractivity contribution in [2.75, 3.05) is 17.5 Å². The summed E-state index contributed by atoms with van der Waals surface area (Å²) in [5.74, 6) is -1.52. The highest BCUT2D eigenvalue weighted by molar-refractivity contribution is 7.92. The molecule has 0 aliphatic carbocycles. The lowest BCUT2D eigenvalue weighted by Crippen LogP contribution is -2.35. The van der Waals surface area contributed by atoms with Gasteiger partial charge in [-0.05, 0) is 55.7 Å². The molecule has 3 rings (SSSR count). The summed E-state index contributed by atoms with van der Waals surface area (Å²) in [5, 5.41) is 8.91. The van der Waals surface area contributed by atoms with E-state index in [0.717, 1.165) is 18.4 Å². The molecule has 8 nitrogen and oxygen atoms in total. The number of nitrogens with two attached hydrogens (primary N) is 1. The van der Waals surface area contributed by atoms with Crippen LogP contribution in [0.1, 0.15) is 29.3 Å². The molecule has 0 bridgehead atoms.